The molecule has 92 valence electrons. The summed E-state index contributed by atoms with van der Waals surface area (Å²) in [6, 6.07) is 0. The molecule has 1 N–H and O–H groups in total. The number of carbonyl (C=O) groups excluding carboxylic acids is 1. The summed E-state index contributed by atoms with van der Waals surface area (Å²) in [5.41, 5.74) is 0. The van der Waals surface area contributed by atoms with Crippen molar-refractivity contribution >= 4 is 11.9 Å². The van der Waals surface area contributed by atoms with E-state index in [-0.39, 0.29) is 0 Å². The molecular formula is C11H18O5. The number of carboxylic acids is 1. The van der Waals surface area contributed by atoms with Gasteiger partial charge in [0.1, 0.15) is 0 Å². The van der Waals surface area contributed by atoms with Gasteiger partial charge in [0, 0.05) is 0 Å². The number of hydrogen-bond acceptors (Lipinski definition) is 4. The van der Waals surface area contributed by atoms with E-state index >= 15 is 0 Å². The molecule has 0 saturated carbocycles. The molecule has 0 aromatic carbocycles. The predicted octanol–water partition coefficient (Wildman–Crippen LogP) is 1.35. The largest absolute Gasteiger partial charge is 0.479 e. The molecule has 5 nitrogen and oxygen atoms in total. The van der Waals surface area contributed by atoms with E-state index in [0.717, 1.165) is 19.3 Å². The fourth-order valence-corrected chi connectivity index (χ4v) is 1.44. The van der Waals surface area contributed by atoms with Crippen LogP contribution in [0, 0.1) is 0 Å². The molecule has 0 aromatic heterocycles. The smallest absolute Gasteiger partial charge is 0.338 e. The van der Waals surface area contributed by atoms with Gasteiger partial charge in [0.25, 0.3) is 0 Å². The minimum Gasteiger partial charge on any atom is -0.479 e. The van der Waals surface area contributed by atoms with Crippen LogP contribution < -0.4 is 0 Å². The second kappa shape index (κ2) is 6.48. The van der Waals surface area contributed by atoms with Crippen molar-refractivity contribution in [2.24, 2.45) is 0 Å². The first-order chi connectivity index (χ1) is 7.66. The maximum Gasteiger partial charge on any atom is 0.338 e. The molecule has 1 heterocycles. The zero-order valence-electron chi connectivity index (χ0n) is 9.48. The zero-order chi connectivity index (χ0) is 12.0. The molecule has 1 rings (SSSR count). The Labute approximate surface area is 94.7 Å². The van der Waals surface area contributed by atoms with Gasteiger partial charge in [0.05, 0.1) is 6.61 Å². The first-order valence-corrected chi connectivity index (χ1v) is 5.71. The molecule has 0 radical (unpaired) electrons. The van der Waals surface area contributed by atoms with Crippen LogP contribution in [0.4, 0.5) is 0 Å². The molecule has 1 aliphatic heterocycles. The molecule has 1 saturated heterocycles. The molecule has 5 heteroatoms. The summed E-state index contributed by atoms with van der Waals surface area (Å²) in [5, 5.41) is 8.51. The van der Waals surface area contributed by atoms with Gasteiger partial charge in [0.15, 0.2) is 12.2 Å². The Kier molecular flexibility index (Phi) is 5.25. The van der Waals surface area contributed by atoms with E-state index in [1.807, 2.05) is 0 Å². The minimum atomic E-state index is -1.11. The first kappa shape index (κ1) is 13.0. The Hall–Kier alpha value is -1.10. The Morgan fingerprint density at radius 1 is 1.19 bits per heavy atom. The van der Waals surface area contributed by atoms with Crippen molar-refractivity contribution < 1.29 is 24.2 Å². The van der Waals surface area contributed by atoms with Crippen LogP contribution in [0.1, 0.15) is 39.0 Å². The standard InChI is InChI=1S/C11H18O5/c1-2-3-4-5-6-7-15-11(14)9-8(16-9)10(12)13/h8-9H,2-7H2,1H3,(H,12,13). The maximum absolute atomic E-state index is 11.2. The summed E-state index contributed by atoms with van der Waals surface area (Å²) < 4.78 is 9.56. The second-order valence-corrected chi connectivity index (χ2v) is 3.90. The highest BCUT2D eigenvalue weighted by Gasteiger charge is 2.51. The van der Waals surface area contributed by atoms with Gasteiger partial charge < -0.3 is 14.6 Å². The van der Waals surface area contributed by atoms with Gasteiger partial charge in [-0.2, -0.15) is 0 Å². The molecule has 1 aliphatic rings. The highest BCUT2D eigenvalue weighted by Crippen LogP contribution is 2.23. The van der Waals surface area contributed by atoms with Crippen molar-refractivity contribution in [3.63, 3.8) is 0 Å². The van der Waals surface area contributed by atoms with Crippen molar-refractivity contribution in [1.29, 1.82) is 0 Å². The lowest BCUT2D eigenvalue weighted by Crippen LogP contribution is -2.18. The van der Waals surface area contributed by atoms with E-state index in [2.05, 4.69) is 11.7 Å². The zero-order valence-corrected chi connectivity index (χ0v) is 9.48. The lowest BCUT2D eigenvalue weighted by Gasteiger charge is -2.02. The van der Waals surface area contributed by atoms with Crippen molar-refractivity contribution in [2.45, 2.75) is 51.2 Å². The van der Waals surface area contributed by atoms with Gasteiger partial charge in [-0.15, -0.1) is 0 Å². The third kappa shape index (κ3) is 4.18. The van der Waals surface area contributed by atoms with Crippen molar-refractivity contribution in [3.05, 3.63) is 0 Å². The molecule has 16 heavy (non-hydrogen) atoms. The molecule has 0 amide bonds. The predicted molar refractivity (Wildman–Crippen MR) is 56.0 cm³/mol. The fraction of sp³-hybridized carbons (Fsp3) is 0.818. The SMILES string of the molecule is CCCCCCCOC(=O)C1OC1C(=O)O. The summed E-state index contributed by atoms with van der Waals surface area (Å²) in [6.45, 7) is 2.49. The molecule has 0 spiro atoms. The number of rotatable bonds is 8. The lowest BCUT2D eigenvalue weighted by molar-refractivity contribution is -0.146. The fourth-order valence-electron chi connectivity index (χ4n) is 1.44. The number of unbranched alkanes of at least 4 members (excludes halogenated alkanes) is 4. The van der Waals surface area contributed by atoms with Gasteiger partial charge in [0.2, 0.25) is 0 Å². The van der Waals surface area contributed by atoms with Gasteiger partial charge in [-0.25, -0.2) is 9.59 Å². The van der Waals surface area contributed by atoms with E-state index in [4.69, 9.17) is 9.84 Å². The first-order valence-electron chi connectivity index (χ1n) is 5.71. The van der Waals surface area contributed by atoms with Crippen molar-refractivity contribution in [3.8, 4) is 0 Å². The monoisotopic (exact) mass is 230 g/mol. The maximum atomic E-state index is 11.2. The molecule has 0 aromatic rings. The van der Waals surface area contributed by atoms with Crippen LogP contribution >= 0.6 is 0 Å². The lowest BCUT2D eigenvalue weighted by atomic mass is 10.2. The Morgan fingerprint density at radius 3 is 2.44 bits per heavy atom. The number of ether oxygens (including phenoxy) is 2. The molecule has 2 atom stereocenters. The second-order valence-electron chi connectivity index (χ2n) is 3.90. The summed E-state index contributed by atoms with van der Waals surface area (Å²) >= 11 is 0. The highest BCUT2D eigenvalue weighted by molar-refractivity contribution is 5.88. The summed E-state index contributed by atoms with van der Waals surface area (Å²) in [7, 11) is 0. The average molecular weight is 230 g/mol. The van der Waals surface area contributed by atoms with E-state index in [9.17, 15) is 9.59 Å². The van der Waals surface area contributed by atoms with Crippen molar-refractivity contribution in [1.82, 2.24) is 0 Å². The molecule has 2 unspecified atom stereocenters. The quantitative estimate of drug-likeness (QED) is 0.387. The van der Waals surface area contributed by atoms with Crippen LogP contribution in [-0.2, 0) is 19.1 Å². The summed E-state index contributed by atoms with van der Waals surface area (Å²) in [5.74, 6) is -1.66. The van der Waals surface area contributed by atoms with Crippen LogP contribution in [0.3, 0.4) is 0 Å². The topological polar surface area (TPSA) is 76.1 Å². The number of carboxylic acid groups (broad SMARTS) is 1. The molecule has 0 aliphatic carbocycles. The Balaban J connectivity index is 1.98. The molecule has 0 bridgehead atoms. The minimum absolute atomic E-state index is 0.356. The van der Waals surface area contributed by atoms with E-state index in [1.54, 1.807) is 0 Å². The average Bonchev–Trinajstić information content (AvgIpc) is 3.02. The van der Waals surface area contributed by atoms with E-state index in [0.29, 0.717) is 6.61 Å². The van der Waals surface area contributed by atoms with Gasteiger partial charge in [-0.1, -0.05) is 32.6 Å². The van der Waals surface area contributed by atoms with Crippen LogP contribution in [0.15, 0.2) is 0 Å². The number of epoxide rings is 1. The number of esters is 1. The Bertz CT molecular complexity index is 251. The van der Waals surface area contributed by atoms with Crippen LogP contribution in [0.5, 0.6) is 0 Å². The van der Waals surface area contributed by atoms with Gasteiger partial charge in [-0.05, 0) is 6.42 Å². The molecule has 1 fully saturated rings. The number of hydrogen-bond donors (Lipinski definition) is 1. The summed E-state index contributed by atoms with van der Waals surface area (Å²) in [4.78, 5) is 21.6. The van der Waals surface area contributed by atoms with Crippen molar-refractivity contribution in [2.75, 3.05) is 6.61 Å². The number of carbonyl (C=O) groups is 2. The highest BCUT2D eigenvalue weighted by atomic mass is 16.7. The molecular weight excluding hydrogens is 212 g/mol. The third-order valence-corrected chi connectivity index (χ3v) is 2.46. The number of aliphatic carboxylic acids is 1. The van der Waals surface area contributed by atoms with Gasteiger partial charge >= 0.3 is 11.9 Å². The normalized spacial score (nSPS) is 22.8. The van der Waals surface area contributed by atoms with E-state index in [1.165, 1.54) is 12.8 Å². The summed E-state index contributed by atoms with van der Waals surface area (Å²) in [6.07, 6.45) is 3.51. The van der Waals surface area contributed by atoms with E-state index < -0.39 is 24.1 Å². The van der Waals surface area contributed by atoms with Gasteiger partial charge in [-0.3, -0.25) is 0 Å². The van der Waals surface area contributed by atoms with Crippen LogP contribution in [0.25, 0.3) is 0 Å². The van der Waals surface area contributed by atoms with Crippen LogP contribution in [-0.4, -0.2) is 35.9 Å². The van der Waals surface area contributed by atoms with Crippen LogP contribution in [0.2, 0.25) is 0 Å². The Morgan fingerprint density at radius 2 is 1.88 bits per heavy atom. The third-order valence-electron chi connectivity index (χ3n) is 2.46.